The molecule has 0 spiro atoms. The number of benzene rings is 1. The summed E-state index contributed by atoms with van der Waals surface area (Å²) in [6.45, 7) is 0.405. The van der Waals surface area contributed by atoms with E-state index in [4.69, 9.17) is 5.26 Å². The number of aromatic nitrogens is 1. The van der Waals surface area contributed by atoms with E-state index < -0.39 is 11.7 Å². The Morgan fingerprint density at radius 3 is 2.45 bits per heavy atom. The number of halogens is 3. The molecule has 102 valence electrons. The molecule has 1 heterocycles. The van der Waals surface area contributed by atoms with Crippen LogP contribution in [0, 0.1) is 11.3 Å². The maximum atomic E-state index is 12.5. The quantitative estimate of drug-likeness (QED) is 0.932. The molecule has 0 fully saturated rings. The van der Waals surface area contributed by atoms with Crippen LogP contribution in [0.1, 0.15) is 16.7 Å². The lowest BCUT2D eigenvalue weighted by Gasteiger charge is -2.11. The van der Waals surface area contributed by atoms with E-state index in [9.17, 15) is 13.2 Å². The molecule has 0 saturated heterocycles. The molecule has 0 radical (unpaired) electrons. The molecule has 1 N–H and O–H groups in total. The molecule has 6 heteroatoms. The second-order valence-electron chi connectivity index (χ2n) is 4.08. The van der Waals surface area contributed by atoms with Gasteiger partial charge in [-0.15, -0.1) is 0 Å². The Bertz CT molecular complexity index is 630. The molecule has 0 amide bonds. The molecule has 0 aliphatic carbocycles. The summed E-state index contributed by atoms with van der Waals surface area (Å²) in [6, 6.07) is 8.39. The SMILES string of the molecule is N#Cc1cc(C(F)(F)F)ccc1NCc1ccncc1. The largest absolute Gasteiger partial charge is 0.416 e. The highest BCUT2D eigenvalue weighted by Gasteiger charge is 2.31. The van der Waals surface area contributed by atoms with Crippen LogP contribution in [-0.4, -0.2) is 4.98 Å². The number of hydrogen-bond donors (Lipinski definition) is 1. The first-order valence-corrected chi connectivity index (χ1v) is 5.75. The first-order valence-electron chi connectivity index (χ1n) is 5.75. The maximum Gasteiger partial charge on any atom is 0.416 e. The third-order valence-electron chi connectivity index (χ3n) is 2.70. The van der Waals surface area contributed by atoms with Crippen molar-refractivity contribution in [2.24, 2.45) is 0 Å². The van der Waals surface area contributed by atoms with Crippen LogP contribution in [-0.2, 0) is 12.7 Å². The zero-order valence-electron chi connectivity index (χ0n) is 10.3. The van der Waals surface area contributed by atoms with E-state index in [2.05, 4.69) is 10.3 Å². The Labute approximate surface area is 113 Å². The average Bonchev–Trinajstić information content (AvgIpc) is 2.45. The van der Waals surface area contributed by atoms with Gasteiger partial charge < -0.3 is 5.32 Å². The normalized spacial score (nSPS) is 10.9. The van der Waals surface area contributed by atoms with Crippen LogP contribution >= 0.6 is 0 Å². The van der Waals surface area contributed by atoms with E-state index in [1.54, 1.807) is 30.6 Å². The van der Waals surface area contributed by atoms with Gasteiger partial charge in [0, 0.05) is 18.9 Å². The van der Waals surface area contributed by atoms with Crippen molar-refractivity contribution in [3.63, 3.8) is 0 Å². The number of anilines is 1. The van der Waals surface area contributed by atoms with Crippen LogP contribution in [0.25, 0.3) is 0 Å². The number of nitriles is 1. The first kappa shape index (κ1) is 13.9. The fraction of sp³-hybridized carbons (Fsp3) is 0.143. The van der Waals surface area contributed by atoms with Crippen molar-refractivity contribution in [1.82, 2.24) is 4.98 Å². The molecular formula is C14H10F3N3. The summed E-state index contributed by atoms with van der Waals surface area (Å²) in [7, 11) is 0. The van der Waals surface area contributed by atoms with Crippen LogP contribution in [0.15, 0.2) is 42.7 Å². The van der Waals surface area contributed by atoms with Gasteiger partial charge >= 0.3 is 6.18 Å². The van der Waals surface area contributed by atoms with E-state index in [1.165, 1.54) is 6.07 Å². The predicted molar refractivity (Wildman–Crippen MR) is 67.7 cm³/mol. The number of nitrogens with zero attached hydrogens (tertiary/aromatic N) is 2. The van der Waals surface area contributed by atoms with Crippen LogP contribution in [0.2, 0.25) is 0 Å². The molecule has 0 unspecified atom stereocenters. The van der Waals surface area contributed by atoms with E-state index in [-0.39, 0.29) is 5.56 Å². The van der Waals surface area contributed by atoms with E-state index >= 15 is 0 Å². The van der Waals surface area contributed by atoms with Gasteiger partial charge in [-0.3, -0.25) is 4.98 Å². The van der Waals surface area contributed by atoms with Gasteiger partial charge in [0.1, 0.15) is 6.07 Å². The lowest BCUT2D eigenvalue weighted by atomic mass is 10.1. The molecule has 0 bridgehead atoms. The minimum Gasteiger partial charge on any atom is -0.380 e. The smallest absolute Gasteiger partial charge is 0.380 e. The maximum absolute atomic E-state index is 12.5. The Kier molecular flexibility index (Phi) is 3.89. The van der Waals surface area contributed by atoms with Crippen molar-refractivity contribution < 1.29 is 13.2 Å². The van der Waals surface area contributed by atoms with Crippen LogP contribution < -0.4 is 5.32 Å². The summed E-state index contributed by atoms with van der Waals surface area (Å²) in [5.74, 6) is 0. The molecular weight excluding hydrogens is 267 g/mol. The highest BCUT2D eigenvalue weighted by Crippen LogP contribution is 2.31. The standard InChI is InChI=1S/C14H10F3N3/c15-14(16,17)12-1-2-13(11(7-12)8-18)20-9-10-3-5-19-6-4-10/h1-7,20H,9H2. The summed E-state index contributed by atoms with van der Waals surface area (Å²) in [5, 5.41) is 11.9. The van der Waals surface area contributed by atoms with Gasteiger partial charge in [-0.05, 0) is 35.9 Å². The third-order valence-corrected chi connectivity index (χ3v) is 2.70. The highest BCUT2D eigenvalue weighted by atomic mass is 19.4. The summed E-state index contributed by atoms with van der Waals surface area (Å²) in [4.78, 5) is 3.87. The Morgan fingerprint density at radius 1 is 1.15 bits per heavy atom. The fourth-order valence-electron chi connectivity index (χ4n) is 1.67. The lowest BCUT2D eigenvalue weighted by molar-refractivity contribution is -0.137. The van der Waals surface area contributed by atoms with Gasteiger partial charge in [-0.25, -0.2) is 0 Å². The average molecular weight is 277 g/mol. The first-order chi connectivity index (χ1) is 9.50. The van der Waals surface area contributed by atoms with Crippen molar-refractivity contribution in [1.29, 1.82) is 5.26 Å². The molecule has 20 heavy (non-hydrogen) atoms. The predicted octanol–water partition coefficient (Wildman–Crippen LogP) is 3.58. The Morgan fingerprint density at radius 2 is 1.85 bits per heavy atom. The van der Waals surface area contributed by atoms with E-state index in [0.717, 1.165) is 17.7 Å². The number of hydrogen-bond acceptors (Lipinski definition) is 3. The molecule has 1 aromatic carbocycles. The van der Waals surface area contributed by atoms with Crippen molar-refractivity contribution in [3.05, 3.63) is 59.4 Å². The summed E-state index contributed by atoms with van der Waals surface area (Å²) in [5.41, 5.74) is 0.429. The lowest BCUT2D eigenvalue weighted by Crippen LogP contribution is -2.07. The fourth-order valence-corrected chi connectivity index (χ4v) is 1.67. The Hall–Kier alpha value is -2.55. The molecule has 2 rings (SSSR count). The van der Waals surface area contributed by atoms with E-state index in [1.807, 2.05) is 0 Å². The minimum atomic E-state index is -4.45. The molecule has 0 saturated carbocycles. The highest BCUT2D eigenvalue weighted by molar-refractivity contribution is 5.59. The second-order valence-corrected chi connectivity index (χ2v) is 4.08. The van der Waals surface area contributed by atoms with Gasteiger partial charge in [-0.1, -0.05) is 0 Å². The van der Waals surface area contributed by atoms with Crippen LogP contribution in [0.5, 0.6) is 0 Å². The molecule has 3 nitrogen and oxygen atoms in total. The van der Waals surface area contributed by atoms with Crippen molar-refractivity contribution in [3.8, 4) is 6.07 Å². The van der Waals surface area contributed by atoms with Gasteiger partial charge in [-0.2, -0.15) is 18.4 Å². The number of pyridine rings is 1. The summed E-state index contributed by atoms with van der Waals surface area (Å²) >= 11 is 0. The van der Waals surface area contributed by atoms with E-state index in [0.29, 0.717) is 12.2 Å². The second kappa shape index (κ2) is 5.61. The Balaban J connectivity index is 2.19. The van der Waals surface area contributed by atoms with Gasteiger partial charge in [0.15, 0.2) is 0 Å². The van der Waals surface area contributed by atoms with Crippen molar-refractivity contribution in [2.45, 2.75) is 12.7 Å². The summed E-state index contributed by atoms with van der Waals surface area (Å²) < 4.78 is 37.6. The molecule has 0 aliphatic heterocycles. The molecule has 0 atom stereocenters. The van der Waals surface area contributed by atoms with Crippen molar-refractivity contribution >= 4 is 5.69 Å². The molecule has 0 aliphatic rings. The topological polar surface area (TPSA) is 48.7 Å². The summed E-state index contributed by atoms with van der Waals surface area (Å²) in [6.07, 6.45) is -1.21. The minimum absolute atomic E-state index is 0.0334. The zero-order valence-corrected chi connectivity index (χ0v) is 10.3. The number of nitrogens with one attached hydrogen (secondary N) is 1. The number of alkyl halides is 3. The third kappa shape index (κ3) is 3.26. The van der Waals surface area contributed by atoms with Crippen LogP contribution in [0.3, 0.4) is 0 Å². The van der Waals surface area contributed by atoms with Gasteiger partial charge in [0.2, 0.25) is 0 Å². The van der Waals surface area contributed by atoms with Gasteiger partial charge in [0.25, 0.3) is 0 Å². The van der Waals surface area contributed by atoms with Gasteiger partial charge in [0.05, 0.1) is 16.8 Å². The van der Waals surface area contributed by atoms with Crippen molar-refractivity contribution in [2.75, 3.05) is 5.32 Å². The van der Waals surface area contributed by atoms with Crippen LogP contribution in [0.4, 0.5) is 18.9 Å². The monoisotopic (exact) mass is 277 g/mol. The molecule has 2 aromatic rings. The number of rotatable bonds is 3. The zero-order chi connectivity index (χ0) is 14.6. The molecule has 1 aromatic heterocycles.